The Labute approximate surface area is 101 Å². The van der Waals surface area contributed by atoms with Crippen LogP contribution in [0.1, 0.15) is 15.9 Å². The lowest BCUT2D eigenvalue weighted by atomic mass is 10.1. The maximum absolute atomic E-state index is 11.5. The summed E-state index contributed by atoms with van der Waals surface area (Å²) in [6, 6.07) is 6.27. The second kappa shape index (κ2) is 5.51. The van der Waals surface area contributed by atoms with E-state index in [4.69, 9.17) is 6.42 Å². The lowest BCUT2D eigenvalue weighted by Crippen LogP contribution is -2.09. The standard InChI is InChI=1S/C12H12O4S/c1-3-7-17(14,15)9-10-5-4-6-11(8-10)12(13)16-2/h1,4-6,8H,7,9H2,2H3. The number of hydrogen-bond donors (Lipinski definition) is 0. The second-order valence-electron chi connectivity index (χ2n) is 3.43. The number of hydrogen-bond acceptors (Lipinski definition) is 4. The van der Waals surface area contributed by atoms with Crippen molar-refractivity contribution in [2.45, 2.75) is 5.75 Å². The third kappa shape index (κ3) is 3.93. The Bertz CT molecular complexity index is 552. The van der Waals surface area contributed by atoms with E-state index in [-0.39, 0.29) is 11.5 Å². The molecule has 17 heavy (non-hydrogen) atoms. The third-order valence-corrected chi connectivity index (χ3v) is 3.42. The van der Waals surface area contributed by atoms with Crippen LogP contribution in [0.3, 0.4) is 0 Å². The maximum Gasteiger partial charge on any atom is 0.337 e. The van der Waals surface area contributed by atoms with Gasteiger partial charge in [0, 0.05) is 0 Å². The molecule has 0 aromatic heterocycles. The molecule has 0 bridgehead atoms. The average Bonchev–Trinajstić information content (AvgIpc) is 2.27. The molecule has 0 unspecified atom stereocenters. The van der Waals surface area contributed by atoms with E-state index in [2.05, 4.69) is 10.7 Å². The summed E-state index contributed by atoms with van der Waals surface area (Å²) >= 11 is 0. The van der Waals surface area contributed by atoms with Gasteiger partial charge in [0.15, 0.2) is 9.84 Å². The molecule has 0 amide bonds. The molecule has 5 heteroatoms. The van der Waals surface area contributed by atoms with E-state index in [0.717, 1.165) is 0 Å². The molecule has 0 spiro atoms. The van der Waals surface area contributed by atoms with E-state index in [9.17, 15) is 13.2 Å². The number of esters is 1. The van der Waals surface area contributed by atoms with Crippen LogP contribution in [0.25, 0.3) is 0 Å². The quantitative estimate of drug-likeness (QED) is 0.593. The van der Waals surface area contributed by atoms with Crippen LogP contribution in [0.4, 0.5) is 0 Å². The van der Waals surface area contributed by atoms with Crippen molar-refractivity contribution in [3.05, 3.63) is 35.4 Å². The highest BCUT2D eigenvalue weighted by molar-refractivity contribution is 7.90. The molecule has 0 N–H and O–H groups in total. The lowest BCUT2D eigenvalue weighted by molar-refractivity contribution is 0.0600. The Hall–Kier alpha value is -1.80. The predicted molar refractivity (Wildman–Crippen MR) is 64.1 cm³/mol. The summed E-state index contributed by atoms with van der Waals surface area (Å²) in [5.74, 6) is 1.11. The van der Waals surface area contributed by atoms with Gasteiger partial charge in [-0.25, -0.2) is 13.2 Å². The van der Waals surface area contributed by atoms with Gasteiger partial charge in [-0.1, -0.05) is 18.1 Å². The monoisotopic (exact) mass is 252 g/mol. The van der Waals surface area contributed by atoms with Crippen molar-refractivity contribution in [1.82, 2.24) is 0 Å². The molecule has 1 rings (SSSR count). The van der Waals surface area contributed by atoms with Crippen molar-refractivity contribution in [2.24, 2.45) is 0 Å². The molecule has 0 aliphatic carbocycles. The summed E-state index contributed by atoms with van der Waals surface area (Å²) in [6.07, 6.45) is 4.96. The fourth-order valence-electron chi connectivity index (χ4n) is 1.34. The Balaban J connectivity index is 2.95. The van der Waals surface area contributed by atoms with Crippen molar-refractivity contribution in [2.75, 3.05) is 12.9 Å². The van der Waals surface area contributed by atoms with Gasteiger partial charge in [0.25, 0.3) is 0 Å². The number of terminal acetylenes is 1. The summed E-state index contributed by atoms with van der Waals surface area (Å²) in [5, 5.41) is 0. The van der Waals surface area contributed by atoms with Crippen molar-refractivity contribution < 1.29 is 17.9 Å². The number of benzene rings is 1. The largest absolute Gasteiger partial charge is 0.465 e. The fourth-order valence-corrected chi connectivity index (χ4v) is 2.38. The van der Waals surface area contributed by atoms with Crippen LogP contribution in [0.15, 0.2) is 24.3 Å². The summed E-state index contributed by atoms with van der Waals surface area (Å²) in [6.45, 7) is 0. The topological polar surface area (TPSA) is 60.4 Å². The number of carbonyl (C=O) groups excluding carboxylic acids is 1. The molecule has 0 radical (unpaired) electrons. The average molecular weight is 252 g/mol. The number of ether oxygens (including phenoxy) is 1. The Morgan fingerprint density at radius 2 is 2.18 bits per heavy atom. The molecule has 0 aliphatic rings. The first kappa shape index (κ1) is 13.3. The first-order valence-electron chi connectivity index (χ1n) is 4.79. The van der Waals surface area contributed by atoms with Crippen LogP contribution < -0.4 is 0 Å². The number of methoxy groups -OCH3 is 1. The van der Waals surface area contributed by atoms with Crippen molar-refractivity contribution in [3.8, 4) is 12.3 Å². The molecule has 0 saturated carbocycles. The summed E-state index contributed by atoms with van der Waals surface area (Å²) in [4.78, 5) is 11.3. The van der Waals surface area contributed by atoms with Gasteiger partial charge in [-0.05, 0) is 17.7 Å². The van der Waals surface area contributed by atoms with E-state index < -0.39 is 15.8 Å². The van der Waals surface area contributed by atoms with Crippen LogP contribution in [0.5, 0.6) is 0 Å². The number of rotatable bonds is 4. The van der Waals surface area contributed by atoms with Crippen molar-refractivity contribution in [3.63, 3.8) is 0 Å². The zero-order valence-electron chi connectivity index (χ0n) is 9.34. The Kier molecular flexibility index (Phi) is 4.30. The molecule has 90 valence electrons. The zero-order valence-corrected chi connectivity index (χ0v) is 10.2. The number of sulfone groups is 1. The molecule has 1 aromatic rings. The van der Waals surface area contributed by atoms with Crippen LogP contribution >= 0.6 is 0 Å². The van der Waals surface area contributed by atoms with E-state index in [0.29, 0.717) is 11.1 Å². The van der Waals surface area contributed by atoms with E-state index in [1.807, 2.05) is 0 Å². The highest BCUT2D eigenvalue weighted by Crippen LogP contribution is 2.10. The molecule has 1 aromatic carbocycles. The first-order valence-corrected chi connectivity index (χ1v) is 6.62. The minimum Gasteiger partial charge on any atom is -0.465 e. The van der Waals surface area contributed by atoms with Crippen molar-refractivity contribution >= 4 is 15.8 Å². The number of carbonyl (C=O) groups is 1. The van der Waals surface area contributed by atoms with Crippen LogP contribution in [-0.4, -0.2) is 27.2 Å². The molecule has 0 saturated heterocycles. The van der Waals surface area contributed by atoms with Gasteiger partial charge < -0.3 is 4.74 Å². The van der Waals surface area contributed by atoms with Gasteiger partial charge >= 0.3 is 5.97 Å². The van der Waals surface area contributed by atoms with Crippen LogP contribution in [-0.2, 0) is 20.3 Å². The Morgan fingerprint density at radius 3 is 2.76 bits per heavy atom. The van der Waals surface area contributed by atoms with E-state index >= 15 is 0 Å². The molecular formula is C12H12O4S. The molecule has 0 heterocycles. The minimum atomic E-state index is -3.32. The normalized spacial score (nSPS) is 10.6. The van der Waals surface area contributed by atoms with E-state index in [1.54, 1.807) is 18.2 Å². The second-order valence-corrected chi connectivity index (χ2v) is 5.49. The maximum atomic E-state index is 11.5. The van der Waals surface area contributed by atoms with Gasteiger partial charge in [0.2, 0.25) is 0 Å². The highest BCUT2D eigenvalue weighted by atomic mass is 32.2. The van der Waals surface area contributed by atoms with Gasteiger partial charge in [-0.3, -0.25) is 0 Å². The molecule has 0 fully saturated rings. The SMILES string of the molecule is C#CCS(=O)(=O)Cc1cccc(C(=O)OC)c1. The molecule has 4 nitrogen and oxygen atoms in total. The Morgan fingerprint density at radius 1 is 1.47 bits per heavy atom. The van der Waals surface area contributed by atoms with Crippen LogP contribution in [0.2, 0.25) is 0 Å². The fraction of sp³-hybridized carbons (Fsp3) is 0.250. The third-order valence-electron chi connectivity index (χ3n) is 2.04. The van der Waals surface area contributed by atoms with Gasteiger partial charge in [-0.15, -0.1) is 6.42 Å². The summed E-state index contributed by atoms with van der Waals surface area (Å²) in [7, 11) is -2.05. The van der Waals surface area contributed by atoms with Gasteiger partial charge in [-0.2, -0.15) is 0 Å². The zero-order chi connectivity index (χ0) is 12.9. The predicted octanol–water partition coefficient (Wildman–Crippen LogP) is 1.02. The van der Waals surface area contributed by atoms with Gasteiger partial charge in [0.05, 0.1) is 18.4 Å². The minimum absolute atomic E-state index is 0.179. The molecular weight excluding hydrogens is 240 g/mol. The smallest absolute Gasteiger partial charge is 0.337 e. The summed E-state index contributed by atoms with van der Waals surface area (Å²) < 4.78 is 27.5. The molecule has 0 aliphatic heterocycles. The first-order chi connectivity index (χ1) is 7.98. The molecule has 0 atom stereocenters. The van der Waals surface area contributed by atoms with Crippen molar-refractivity contribution in [1.29, 1.82) is 0 Å². The summed E-state index contributed by atoms with van der Waals surface area (Å²) in [5.41, 5.74) is 0.837. The van der Waals surface area contributed by atoms with E-state index in [1.165, 1.54) is 13.2 Å². The lowest BCUT2D eigenvalue weighted by Gasteiger charge is -2.03. The highest BCUT2D eigenvalue weighted by Gasteiger charge is 2.12. The van der Waals surface area contributed by atoms with Gasteiger partial charge in [0.1, 0.15) is 5.75 Å². The van der Waals surface area contributed by atoms with Crippen LogP contribution in [0, 0.1) is 12.3 Å².